The van der Waals surface area contributed by atoms with Crippen LogP contribution in [0.25, 0.3) is 16.8 Å². The minimum absolute atomic E-state index is 0.129. The van der Waals surface area contributed by atoms with E-state index in [1.165, 1.54) is 30.3 Å². The first-order chi connectivity index (χ1) is 16.5. The van der Waals surface area contributed by atoms with Crippen molar-refractivity contribution < 1.29 is 14.5 Å². The zero-order valence-electron chi connectivity index (χ0n) is 18.0. The van der Waals surface area contributed by atoms with E-state index in [1.54, 1.807) is 24.3 Å². The summed E-state index contributed by atoms with van der Waals surface area (Å²) in [6, 6.07) is 28.6. The van der Waals surface area contributed by atoms with Crippen LogP contribution in [0, 0.1) is 21.4 Å². The summed E-state index contributed by atoms with van der Waals surface area (Å²) in [6.07, 6.45) is 1.45. The van der Waals surface area contributed by atoms with Gasteiger partial charge in [-0.2, -0.15) is 5.26 Å². The molecule has 0 saturated carbocycles. The number of nitrogens with one attached hydrogen (secondary N) is 1. The van der Waals surface area contributed by atoms with Crippen LogP contribution < -0.4 is 10.1 Å². The van der Waals surface area contributed by atoms with Gasteiger partial charge >= 0.3 is 0 Å². The summed E-state index contributed by atoms with van der Waals surface area (Å²) in [7, 11) is 0. The number of amides is 1. The number of non-ortho nitro benzene ring substituents is 1. The van der Waals surface area contributed by atoms with Crippen LogP contribution in [0.5, 0.6) is 5.75 Å². The topological polar surface area (TPSA) is 105 Å². The van der Waals surface area contributed by atoms with Crippen LogP contribution in [-0.4, -0.2) is 10.8 Å². The number of ether oxygens (including phenoxy) is 1. The second-order valence-electron chi connectivity index (χ2n) is 7.43. The van der Waals surface area contributed by atoms with Crippen molar-refractivity contribution in [2.75, 3.05) is 5.32 Å². The lowest BCUT2D eigenvalue weighted by Gasteiger charge is -2.09. The molecule has 1 amide bonds. The zero-order valence-corrected chi connectivity index (χ0v) is 18.0. The van der Waals surface area contributed by atoms with Gasteiger partial charge in [0.2, 0.25) is 0 Å². The van der Waals surface area contributed by atoms with E-state index in [9.17, 15) is 20.2 Å². The molecule has 7 nitrogen and oxygen atoms in total. The van der Waals surface area contributed by atoms with Gasteiger partial charge in [-0.15, -0.1) is 0 Å². The summed E-state index contributed by atoms with van der Waals surface area (Å²) in [5.41, 5.74) is 1.67. The fourth-order valence-electron chi connectivity index (χ4n) is 3.45. The van der Waals surface area contributed by atoms with Crippen molar-refractivity contribution in [2.24, 2.45) is 0 Å². The van der Waals surface area contributed by atoms with Gasteiger partial charge in [0.05, 0.1) is 4.92 Å². The molecule has 4 aromatic rings. The lowest BCUT2D eigenvalue weighted by molar-refractivity contribution is -0.384. The molecule has 0 spiro atoms. The number of anilines is 1. The van der Waals surface area contributed by atoms with Crippen LogP contribution in [-0.2, 0) is 11.4 Å². The Morgan fingerprint density at radius 2 is 1.74 bits per heavy atom. The monoisotopic (exact) mass is 449 g/mol. The Kier molecular flexibility index (Phi) is 6.61. The van der Waals surface area contributed by atoms with Crippen LogP contribution in [0.15, 0.2) is 96.6 Å². The molecule has 4 rings (SSSR count). The number of rotatable bonds is 7. The van der Waals surface area contributed by atoms with Gasteiger partial charge in [0, 0.05) is 17.8 Å². The van der Waals surface area contributed by atoms with Crippen LogP contribution >= 0.6 is 0 Å². The van der Waals surface area contributed by atoms with Crippen molar-refractivity contribution >= 4 is 34.1 Å². The summed E-state index contributed by atoms with van der Waals surface area (Å²) in [5.74, 6) is 0.00363. The van der Waals surface area contributed by atoms with Crippen LogP contribution in [0.1, 0.15) is 11.1 Å². The van der Waals surface area contributed by atoms with E-state index in [2.05, 4.69) is 23.5 Å². The van der Waals surface area contributed by atoms with Crippen molar-refractivity contribution in [3.63, 3.8) is 0 Å². The molecule has 0 unspecified atom stereocenters. The van der Waals surface area contributed by atoms with Gasteiger partial charge in [0.1, 0.15) is 24.0 Å². The largest absolute Gasteiger partial charge is 0.489 e. The van der Waals surface area contributed by atoms with E-state index in [1.807, 2.05) is 30.3 Å². The molecule has 0 aliphatic heterocycles. The molecular weight excluding hydrogens is 430 g/mol. The first-order valence-corrected chi connectivity index (χ1v) is 10.4. The number of nitro benzene ring substituents is 1. The Morgan fingerprint density at radius 3 is 2.50 bits per heavy atom. The Morgan fingerprint density at radius 1 is 1.00 bits per heavy atom. The van der Waals surface area contributed by atoms with E-state index >= 15 is 0 Å². The molecule has 0 aliphatic rings. The minimum Gasteiger partial charge on any atom is -0.489 e. The van der Waals surface area contributed by atoms with Crippen molar-refractivity contribution in [1.29, 1.82) is 5.26 Å². The van der Waals surface area contributed by atoms with Gasteiger partial charge in [-0.05, 0) is 46.2 Å². The molecule has 0 bridgehead atoms. The van der Waals surface area contributed by atoms with Gasteiger partial charge in [0.25, 0.3) is 11.6 Å². The molecule has 4 aromatic carbocycles. The Balaban J connectivity index is 1.43. The number of carbonyl (C=O) groups excluding carboxylic acids is 1. The van der Waals surface area contributed by atoms with E-state index in [0.717, 1.165) is 16.3 Å². The normalized spacial score (nSPS) is 11.0. The third kappa shape index (κ3) is 5.26. The lowest BCUT2D eigenvalue weighted by Crippen LogP contribution is -2.13. The molecule has 0 atom stereocenters. The predicted molar refractivity (Wildman–Crippen MR) is 130 cm³/mol. The molecule has 34 heavy (non-hydrogen) atoms. The number of nitriles is 1. The van der Waals surface area contributed by atoms with Crippen molar-refractivity contribution in [3.05, 3.63) is 118 Å². The molecule has 7 heteroatoms. The number of benzene rings is 4. The van der Waals surface area contributed by atoms with Gasteiger partial charge < -0.3 is 10.1 Å². The second kappa shape index (κ2) is 10.1. The molecule has 0 aromatic heterocycles. The highest BCUT2D eigenvalue weighted by Gasteiger charge is 2.12. The Labute approximate surface area is 195 Å². The molecule has 0 heterocycles. The summed E-state index contributed by atoms with van der Waals surface area (Å²) in [4.78, 5) is 22.8. The maximum atomic E-state index is 12.5. The minimum atomic E-state index is -0.653. The van der Waals surface area contributed by atoms with E-state index in [-0.39, 0.29) is 16.9 Å². The average Bonchev–Trinajstić information content (AvgIpc) is 2.86. The van der Waals surface area contributed by atoms with Crippen molar-refractivity contribution in [3.8, 4) is 11.8 Å². The predicted octanol–water partition coefficient (Wildman–Crippen LogP) is 5.87. The van der Waals surface area contributed by atoms with Gasteiger partial charge in [-0.1, -0.05) is 60.7 Å². The van der Waals surface area contributed by atoms with Crippen molar-refractivity contribution in [2.45, 2.75) is 6.61 Å². The molecule has 0 aliphatic carbocycles. The third-order valence-electron chi connectivity index (χ3n) is 5.15. The molecule has 0 radical (unpaired) electrons. The lowest BCUT2D eigenvalue weighted by atomic mass is 10.1. The summed E-state index contributed by atoms with van der Waals surface area (Å²) < 4.78 is 5.92. The third-order valence-corrected chi connectivity index (χ3v) is 5.15. The SMILES string of the molecule is N#C/C(=C\c1ccc(OCc2cccc3ccccc23)cc1)C(=O)Nc1cccc([N+](=O)[O-])c1. The fourth-order valence-corrected chi connectivity index (χ4v) is 3.45. The average molecular weight is 449 g/mol. The van der Waals surface area contributed by atoms with Gasteiger partial charge in [-0.25, -0.2) is 0 Å². The van der Waals surface area contributed by atoms with Crippen LogP contribution in [0.3, 0.4) is 0 Å². The molecule has 166 valence electrons. The van der Waals surface area contributed by atoms with E-state index < -0.39 is 10.8 Å². The first-order valence-electron chi connectivity index (χ1n) is 10.4. The fraction of sp³-hybridized carbons (Fsp3) is 0.0370. The number of nitrogens with zero attached hydrogens (tertiary/aromatic N) is 2. The Hall–Kier alpha value is -4.96. The molecule has 1 N–H and O–H groups in total. The summed E-state index contributed by atoms with van der Waals surface area (Å²) >= 11 is 0. The number of hydrogen-bond acceptors (Lipinski definition) is 5. The van der Waals surface area contributed by atoms with E-state index in [4.69, 9.17) is 4.74 Å². The molecule has 0 saturated heterocycles. The van der Waals surface area contributed by atoms with Gasteiger partial charge in [0.15, 0.2) is 0 Å². The number of carbonyl (C=O) groups is 1. The summed E-state index contributed by atoms with van der Waals surface area (Å²) in [6.45, 7) is 0.408. The molecular formula is C27H19N3O4. The highest BCUT2D eigenvalue weighted by Crippen LogP contribution is 2.22. The maximum absolute atomic E-state index is 12.5. The highest BCUT2D eigenvalue weighted by molar-refractivity contribution is 6.09. The van der Waals surface area contributed by atoms with Crippen LogP contribution in [0.2, 0.25) is 0 Å². The highest BCUT2D eigenvalue weighted by atomic mass is 16.6. The molecule has 0 fully saturated rings. The second-order valence-corrected chi connectivity index (χ2v) is 7.43. The first kappa shape index (κ1) is 22.2. The quantitative estimate of drug-likeness (QED) is 0.164. The number of fused-ring (bicyclic) bond motifs is 1. The zero-order chi connectivity index (χ0) is 23.9. The summed E-state index contributed by atoms with van der Waals surface area (Å²) in [5, 5.41) is 25.1. The van der Waals surface area contributed by atoms with E-state index in [0.29, 0.717) is 17.9 Å². The standard InChI is InChI=1S/C27H19N3O4/c28-17-22(27(31)29-23-8-4-9-24(16-23)30(32)33)15-19-11-13-25(14-12-19)34-18-21-7-3-6-20-5-1-2-10-26(20)21/h1-16H,18H2,(H,29,31)/b22-15+. The van der Waals surface area contributed by atoms with Crippen molar-refractivity contribution in [1.82, 2.24) is 0 Å². The number of nitro groups is 1. The van der Waals surface area contributed by atoms with Crippen LogP contribution in [0.4, 0.5) is 11.4 Å². The maximum Gasteiger partial charge on any atom is 0.271 e. The van der Waals surface area contributed by atoms with Gasteiger partial charge in [-0.3, -0.25) is 14.9 Å². The smallest absolute Gasteiger partial charge is 0.271 e. The Bertz CT molecular complexity index is 1430. The number of hydrogen-bond donors (Lipinski definition) is 1.